The van der Waals surface area contributed by atoms with Crippen LogP contribution in [0.2, 0.25) is 0 Å². The minimum atomic E-state index is 0.517. The minimum absolute atomic E-state index is 0.517. The third-order valence-electron chi connectivity index (χ3n) is 2.54. The van der Waals surface area contributed by atoms with E-state index in [0.717, 1.165) is 0 Å². The Morgan fingerprint density at radius 2 is 2.00 bits per heavy atom. The summed E-state index contributed by atoms with van der Waals surface area (Å²) in [4.78, 5) is 0. The molecule has 0 bridgehead atoms. The van der Waals surface area contributed by atoms with Crippen molar-refractivity contribution in [2.24, 2.45) is 0 Å². The smallest absolute Gasteiger partial charge is 0.0317 e. The number of nitrogens with one attached hydrogen (secondary N) is 1. The first-order chi connectivity index (χ1) is 7.38. The van der Waals surface area contributed by atoms with Gasteiger partial charge in [0, 0.05) is 6.04 Å². The molecule has 1 atom stereocenters. The molecule has 1 N–H and O–H groups in total. The fourth-order valence-electron chi connectivity index (χ4n) is 1.70. The maximum absolute atomic E-state index is 3.39. The lowest BCUT2D eigenvalue weighted by Crippen LogP contribution is -2.16. The predicted molar refractivity (Wildman–Crippen MR) is 70.5 cm³/mol. The van der Waals surface area contributed by atoms with Crippen molar-refractivity contribution in [2.75, 3.05) is 18.6 Å². The van der Waals surface area contributed by atoms with Crippen molar-refractivity contribution < 1.29 is 0 Å². The van der Waals surface area contributed by atoms with Crippen LogP contribution in [-0.4, -0.2) is 18.6 Å². The zero-order valence-electron chi connectivity index (χ0n) is 9.70. The van der Waals surface area contributed by atoms with Gasteiger partial charge in [0.1, 0.15) is 0 Å². The first-order valence-electron chi connectivity index (χ1n) is 5.68. The van der Waals surface area contributed by atoms with E-state index in [9.17, 15) is 0 Å². The Kier molecular flexibility index (Phi) is 6.53. The van der Waals surface area contributed by atoms with Gasteiger partial charge in [-0.15, -0.1) is 0 Å². The van der Waals surface area contributed by atoms with Crippen LogP contribution in [0.25, 0.3) is 0 Å². The van der Waals surface area contributed by atoms with Crippen LogP contribution < -0.4 is 5.32 Å². The van der Waals surface area contributed by atoms with E-state index >= 15 is 0 Å². The van der Waals surface area contributed by atoms with Crippen LogP contribution in [0.15, 0.2) is 30.3 Å². The number of thioether (sulfide) groups is 1. The van der Waals surface area contributed by atoms with E-state index in [0.29, 0.717) is 6.04 Å². The molecule has 0 radical (unpaired) electrons. The van der Waals surface area contributed by atoms with Crippen molar-refractivity contribution in [3.05, 3.63) is 35.9 Å². The number of rotatable bonds is 7. The fourth-order valence-corrected chi connectivity index (χ4v) is 2.36. The zero-order valence-corrected chi connectivity index (χ0v) is 10.5. The minimum Gasteiger partial charge on any atom is -0.313 e. The van der Waals surface area contributed by atoms with E-state index in [1.165, 1.54) is 29.9 Å². The largest absolute Gasteiger partial charge is 0.313 e. The summed E-state index contributed by atoms with van der Waals surface area (Å²) in [6.45, 7) is 2.22. The molecule has 1 aromatic carbocycles. The molecular formula is C13H21NS. The molecule has 2 heteroatoms. The summed E-state index contributed by atoms with van der Waals surface area (Å²) >= 11 is 2.03. The molecule has 0 aliphatic rings. The molecule has 0 heterocycles. The van der Waals surface area contributed by atoms with Gasteiger partial charge in [0.25, 0.3) is 0 Å². The van der Waals surface area contributed by atoms with E-state index in [-0.39, 0.29) is 0 Å². The molecule has 0 aromatic heterocycles. The standard InChI is InChI=1S/C13H21NS/c1-3-15-11-7-10-13(14-2)12-8-5-4-6-9-12/h4-6,8-9,13-14H,3,7,10-11H2,1-2H3. The van der Waals surface area contributed by atoms with Crippen molar-refractivity contribution >= 4 is 11.8 Å². The van der Waals surface area contributed by atoms with Crippen molar-refractivity contribution in [1.82, 2.24) is 5.32 Å². The maximum atomic E-state index is 3.39. The van der Waals surface area contributed by atoms with E-state index in [1.807, 2.05) is 18.8 Å². The second kappa shape index (κ2) is 7.77. The van der Waals surface area contributed by atoms with Gasteiger partial charge in [-0.25, -0.2) is 0 Å². The van der Waals surface area contributed by atoms with Crippen LogP contribution in [0.4, 0.5) is 0 Å². The highest BCUT2D eigenvalue weighted by atomic mass is 32.2. The lowest BCUT2D eigenvalue weighted by molar-refractivity contribution is 0.544. The molecule has 0 saturated carbocycles. The van der Waals surface area contributed by atoms with Gasteiger partial charge < -0.3 is 5.32 Å². The summed E-state index contributed by atoms with van der Waals surface area (Å²) in [5.41, 5.74) is 1.40. The Morgan fingerprint density at radius 1 is 1.27 bits per heavy atom. The third kappa shape index (κ3) is 4.72. The lowest BCUT2D eigenvalue weighted by atomic mass is 10.0. The van der Waals surface area contributed by atoms with Crippen LogP contribution in [0, 0.1) is 0 Å². The molecule has 0 amide bonds. The van der Waals surface area contributed by atoms with Gasteiger partial charge in [-0.2, -0.15) is 11.8 Å². The van der Waals surface area contributed by atoms with E-state index in [2.05, 4.69) is 42.6 Å². The normalized spacial score (nSPS) is 12.7. The van der Waals surface area contributed by atoms with E-state index in [1.54, 1.807) is 0 Å². The van der Waals surface area contributed by atoms with Gasteiger partial charge in [0.15, 0.2) is 0 Å². The maximum Gasteiger partial charge on any atom is 0.0317 e. The molecule has 0 fully saturated rings. The lowest BCUT2D eigenvalue weighted by Gasteiger charge is -2.16. The number of hydrogen-bond donors (Lipinski definition) is 1. The summed E-state index contributed by atoms with van der Waals surface area (Å²) in [5.74, 6) is 2.51. The Bertz CT molecular complexity index is 248. The van der Waals surface area contributed by atoms with E-state index < -0.39 is 0 Å². The molecule has 0 aliphatic heterocycles. The Labute approximate surface area is 97.7 Å². The summed E-state index contributed by atoms with van der Waals surface area (Å²) in [6, 6.07) is 11.2. The van der Waals surface area contributed by atoms with Gasteiger partial charge in [0.05, 0.1) is 0 Å². The van der Waals surface area contributed by atoms with E-state index in [4.69, 9.17) is 0 Å². The SMILES string of the molecule is CCSCCCC(NC)c1ccccc1. The quantitative estimate of drug-likeness (QED) is 0.710. The Balaban J connectivity index is 2.36. The van der Waals surface area contributed by atoms with Crippen molar-refractivity contribution in [3.63, 3.8) is 0 Å². The first-order valence-corrected chi connectivity index (χ1v) is 6.84. The van der Waals surface area contributed by atoms with Crippen LogP contribution >= 0.6 is 11.8 Å². The highest BCUT2D eigenvalue weighted by Gasteiger charge is 2.07. The molecule has 1 rings (SSSR count). The number of benzene rings is 1. The molecule has 15 heavy (non-hydrogen) atoms. The van der Waals surface area contributed by atoms with Crippen LogP contribution in [0.3, 0.4) is 0 Å². The second-order valence-corrected chi connectivity index (χ2v) is 4.98. The Hall–Kier alpha value is -0.470. The van der Waals surface area contributed by atoms with Crippen molar-refractivity contribution in [3.8, 4) is 0 Å². The van der Waals surface area contributed by atoms with Gasteiger partial charge >= 0.3 is 0 Å². The highest BCUT2D eigenvalue weighted by molar-refractivity contribution is 7.99. The molecular weight excluding hydrogens is 202 g/mol. The van der Waals surface area contributed by atoms with Crippen LogP contribution in [0.1, 0.15) is 31.4 Å². The molecule has 0 aliphatic carbocycles. The summed E-state index contributed by atoms with van der Waals surface area (Å²) < 4.78 is 0. The summed E-state index contributed by atoms with van der Waals surface area (Å²) in [6.07, 6.45) is 2.52. The summed E-state index contributed by atoms with van der Waals surface area (Å²) in [5, 5.41) is 3.39. The monoisotopic (exact) mass is 223 g/mol. The molecule has 0 spiro atoms. The molecule has 1 aromatic rings. The van der Waals surface area contributed by atoms with Gasteiger partial charge in [0.2, 0.25) is 0 Å². The number of hydrogen-bond acceptors (Lipinski definition) is 2. The predicted octanol–water partition coefficient (Wildman–Crippen LogP) is 3.48. The molecule has 1 nitrogen and oxygen atoms in total. The molecule has 84 valence electrons. The van der Waals surface area contributed by atoms with Gasteiger partial charge in [-0.3, -0.25) is 0 Å². The fraction of sp³-hybridized carbons (Fsp3) is 0.538. The average molecular weight is 223 g/mol. The first kappa shape index (κ1) is 12.6. The topological polar surface area (TPSA) is 12.0 Å². The highest BCUT2D eigenvalue weighted by Crippen LogP contribution is 2.18. The zero-order chi connectivity index (χ0) is 10.9. The Morgan fingerprint density at radius 3 is 2.60 bits per heavy atom. The van der Waals surface area contributed by atoms with Crippen molar-refractivity contribution in [2.45, 2.75) is 25.8 Å². The van der Waals surface area contributed by atoms with Crippen LogP contribution in [0.5, 0.6) is 0 Å². The average Bonchev–Trinajstić information content (AvgIpc) is 2.30. The third-order valence-corrected chi connectivity index (χ3v) is 3.52. The van der Waals surface area contributed by atoms with Crippen molar-refractivity contribution in [1.29, 1.82) is 0 Å². The second-order valence-electron chi connectivity index (χ2n) is 3.59. The van der Waals surface area contributed by atoms with Crippen LogP contribution in [-0.2, 0) is 0 Å². The molecule has 1 unspecified atom stereocenters. The van der Waals surface area contributed by atoms with Gasteiger partial charge in [-0.05, 0) is 37.0 Å². The molecule has 0 saturated heterocycles. The summed E-state index contributed by atoms with van der Waals surface area (Å²) in [7, 11) is 2.05. The van der Waals surface area contributed by atoms with Gasteiger partial charge in [-0.1, -0.05) is 37.3 Å².